The minimum absolute atomic E-state index is 0.0209. The molecular weight excluding hydrogens is 290 g/mol. The van der Waals surface area contributed by atoms with E-state index >= 15 is 0 Å². The maximum Gasteiger partial charge on any atom is 0.223 e. The van der Waals surface area contributed by atoms with Crippen molar-refractivity contribution in [3.05, 3.63) is 17.7 Å². The first kappa shape index (κ1) is 16.5. The normalized spacial score (nSPS) is 23.6. The van der Waals surface area contributed by atoms with Gasteiger partial charge in [0.2, 0.25) is 5.91 Å². The summed E-state index contributed by atoms with van der Waals surface area (Å²) in [5.41, 5.74) is 0.233. The molecule has 128 valence electrons. The lowest BCUT2D eigenvalue weighted by atomic mass is 9.73. The summed E-state index contributed by atoms with van der Waals surface area (Å²) in [7, 11) is 0. The van der Waals surface area contributed by atoms with E-state index in [9.17, 15) is 9.90 Å². The maximum atomic E-state index is 12.6. The number of aromatic nitrogens is 2. The zero-order valence-corrected chi connectivity index (χ0v) is 14.6. The Hall–Kier alpha value is -1.36. The number of carbonyl (C=O) groups excluding carboxylic acids is 1. The minimum Gasteiger partial charge on any atom is -0.389 e. The van der Waals surface area contributed by atoms with Crippen LogP contribution < -0.4 is 5.32 Å². The lowest BCUT2D eigenvalue weighted by Crippen LogP contribution is -2.50. The standard InChI is InChI=1S/C18H29N3O2/c1-13-19-11-15-10-14(6-9-21(13)15)16(22)20-12-17(2,3)18(23)7-4-5-8-18/h11,14,23H,4-10,12H2,1-3H3,(H,20,22). The van der Waals surface area contributed by atoms with Gasteiger partial charge in [0.15, 0.2) is 0 Å². The van der Waals surface area contributed by atoms with Gasteiger partial charge in [-0.05, 0) is 26.2 Å². The average Bonchev–Trinajstić information content (AvgIpc) is 3.12. The Labute approximate surface area is 138 Å². The number of carbonyl (C=O) groups is 1. The van der Waals surface area contributed by atoms with Crippen LogP contribution in [0.4, 0.5) is 0 Å². The number of imidazole rings is 1. The van der Waals surface area contributed by atoms with Gasteiger partial charge in [-0.2, -0.15) is 0 Å². The van der Waals surface area contributed by atoms with Crippen molar-refractivity contribution in [3.8, 4) is 0 Å². The van der Waals surface area contributed by atoms with Crippen LogP contribution in [0.3, 0.4) is 0 Å². The van der Waals surface area contributed by atoms with Crippen LogP contribution in [-0.4, -0.2) is 32.7 Å². The summed E-state index contributed by atoms with van der Waals surface area (Å²) >= 11 is 0. The summed E-state index contributed by atoms with van der Waals surface area (Å²) in [6.07, 6.45) is 7.37. The van der Waals surface area contributed by atoms with Gasteiger partial charge in [-0.15, -0.1) is 0 Å². The number of amides is 1. The molecule has 1 unspecified atom stereocenters. The molecule has 0 spiro atoms. The third-order valence-corrected chi connectivity index (χ3v) is 6.06. The van der Waals surface area contributed by atoms with Gasteiger partial charge in [0.05, 0.1) is 5.60 Å². The highest BCUT2D eigenvalue weighted by atomic mass is 16.3. The highest BCUT2D eigenvalue weighted by Crippen LogP contribution is 2.43. The van der Waals surface area contributed by atoms with Crippen molar-refractivity contribution in [1.82, 2.24) is 14.9 Å². The van der Waals surface area contributed by atoms with Crippen LogP contribution in [0.5, 0.6) is 0 Å². The Balaban J connectivity index is 1.58. The highest BCUT2D eigenvalue weighted by Gasteiger charge is 2.45. The van der Waals surface area contributed by atoms with E-state index in [0.29, 0.717) is 6.54 Å². The molecule has 5 nitrogen and oxygen atoms in total. The van der Waals surface area contributed by atoms with Gasteiger partial charge in [-0.25, -0.2) is 4.98 Å². The van der Waals surface area contributed by atoms with Gasteiger partial charge in [-0.1, -0.05) is 26.7 Å². The van der Waals surface area contributed by atoms with E-state index in [1.165, 1.54) is 0 Å². The van der Waals surface area contributed by atoms with Gasteiger partial charge >= 0.3 is 0 Å². The smallest absolute Gasteiger partial charge is 0.223 e. The maximum absolute atomic E-state index is 12.6. The number of hydrogen-bond acceptors (Lipinski definition) is 3. The van der Waals surface area contributed by atoms with Crippen LogP contribution in [0.15, 0.2) is 6.20 Å². The number of aliphatic hydroxyl groups is 1. The zero-order chi connectivity index (χ0) is 16.7. The molecule has 23 heavy (non-hydrogen) atoms. The van der Waals surface area contributed by atoms with E-state index in [4.69, 9.17) is 0 Å². The van der Waals surface area contributed by atoms with Crippen molar-refractivity contribution >= 4 is 5.91 Å². The SMILES string of the molecule is Cc1ncc2n1CCC(C(=O)NCC(C)(C)C1(O)CCCC1)C2. The molecule has 1 aromatic rings. The second-order valence-corrected chi connectivity index (χ2v) is 7.98. The van der Waals surface area contributed by atoms with E-state index in [0.717, 1.165) is 56.6 Å². The van der Waals surface area contributed by atoms with Gasteiger partial charge in [0.25, 0.3) is 0 Å². The first-order chi connectivity index (χ1) is 10.8. The molecule has 3 rings (SSSR count). The van der Waals surface area contributed by atoms with E-state index in [2.05, 4.69) is 28.7 Å². The van der Waals surface area contributed by atoms with Crippen molar-refractivity contribution in [2.24, 2.45) is 11.3 Å². The van der Waals surface area contributed by atoms with Crippen LogP contribution >= 0.6 is 0 Å². The van der Waals surface area contributed by atoms with Gasteiger partial charge < -0.3 is 15.0 Å². The molecule has 1 atom stereocenters. The summed E-state index contributed by atoms with van der Waals surface area (Å²) in [5, 5.41) is 13.9. The van der Waals surface area contributed by atoms with Gasteiger partial charge in [-0.3, -0.25) is 4.79 Å². The number of hydrogen-bond donors (Lipinski definition) is 2. The number of fused-ring (bicyclic) bond motifs is 1. The van der Waals surface area contributed by atoms with Crippen LogP contribution in [0.2, 0.25) is 0 Å². The summed E-state index contributed by atoms with van der Waals surface area (Å²) in [5.74, 6) is 1.17. The van der Waals surface area contributed by atoms with E-state index in [1.54, 1.807) is 0 Å². The molecule has 2 aliphatic rings. The molecule has 5 heteroatoms. The molecule has 1 aromatic heterocycles. The molecule has 1 amide bonds. The van der Waals surface area contributed by atoms with Crippen molar-refractivity contribution in [2.45, 2.75) is 71.4 Å². The molecule has 0 bridgehead atoms. The van der Waals surface area contributed by atoms with Crippen molar-refractivity contribution in [3.63, 3.8) is 0 Å². The first-order valence-corrected chi connectivity index (χ1v) is 8.83. The summed E-state index contributed by atoms with van der Waals surface area (Å²) in [4.78, 5) is 16.9. The van der Waals surface area contributed by atoms with Crippen molar-refractivity contribution < 1.29 is 9.90 Å². The van der Waals surface area contributed by atoms with Crippen LogP contribution in [0.1, 0.15) is 57.5 Å². The Morgan fingerprint density at radius 3 is 2.87 bits per heavy atom. The lowest BCUT2D eigenvalue weighted by Gasteiger charge is -2.40. The van der Waals surface area contributed by atoms with Crippen LogP contribution in [0, 0.1) is 18.3 Å². The van der Waals surface area contributed by atoms with E-state index in [-0.39, 0.29) is 17.2 Å². The quantitative estimate of drug-likeness (QED) is 0.894. The fraction of sp³-hybridized carbons (Fsp3) is 0.778. The fourth-order valence-electron chi connectivity index (χ4n) is 4.10. The summed E-state index contributed by atoms with van der Waals surface area (Å²) in [6.45, 7) is 7.55. The molecule has 2 heterocycles. The molecule has 1 aliphatic carbocycles. The van der Waals surface area contributed by atoms with Gasteiger partial charge in [0, 0.05) is 42.7 Å². The minimum atomic E-state index is -0.636. The third kappa shape index (κ3) is 3.03. The molecule has 1 saturated carbocycles. The lowest BCUT2D eigenvalue weighted by molar-refractivity contribution is -0.127. The summed E-state index contributed by atoms with van der Waals surface area (Å²) in [6, 6.07) is 0. The molecule has 2 N–H and O–H groups in total. The Bertz CT molecular complexity index is 585. The third-order valence-electron chi connectivity index (χ3n) is 6.06. The number of nitrogens with one attached hydrogen (secondary N) is 1. The van der Waals surface area contributed by atoms with Crippen molar-refractivity contribution in [2.75, 3.05) is 6.54 Å². The molecule has 0 saturated heterocycles. The molecule has 0 radical (unpaired) electrons. The first-order valence-electron chi connectivity index (χ1n) is 8.83. The van der Waals surface area contributed by atoms with E-state index < -0.39 is 5.60 Å². The second kappa shape index (κ2) is 5.93. The van der Waals surface area contributed by atoms with Gasteiger partial charge in [0.1, 0.15) is 5.82 Å². The summed E-state index contributed by atoms with van der Waals surface area (Å²) < 4.78 is 2.20. The highest BCUT2D eigenvalue weighted by molar-refractivity contribution is 5.79. The molecular formula is C18H29N3O2. The van der Waals surface area contributed by atoms with Crippen molar-refractivity contribution in [1.29, 1.82) is 0 Å². The van der Waals surface area contributed by atoms with Crippen LogP contribution in [-0.2, 0) is 17.8 Å². The number of aryl methyl sites for hydroxylation is 1. The zero-order valence-electron chi connectivity index (χ0n) is 14.6. The second-order valence-electron chi connectivity index (χ2n) is 7.98. The molecule has 0 aromatic carbocycles. The predicted octanol–water partition coefficient (Wildman–Crippen LogP) is 2.20. The topological polar surface area (TPSA) is 67.2 Å². The Morgan fingerprint density at radius 2 is 2.17 bits per heavy atom. The molecule has 1 fully saturated rings. The monoisotopic (exact) mass is 319 g/mol. The van der Waals surface area contributed by atoms with E-state index in [1.807, 2.05) is 13.1 Å². The largest absolute Gasteiger partial charge is 0.389 e. The molecule has 1 aliphatic heterocycles. The fourth-order valence-corrected chi connectivity index (χ4v) is 4.10. The predicted molar refractivity (Wildman–Crippen MR) is 89.0 cm³/mol. The number of nitrogens with zero attached hydrogens (tertiary/aromatic N) is 2. The average molecular weight is 319 g/mol. The van der Waals surface area contributed by atoms with Crippen LogP contribution in [0.25, 0.3) is 0 Å². The number of rotatable bonds is 4. The Kier molecular flexibility index (Phi) is 4.25. The Morgan fingerprint density at radius 1 is 1.48 bits per heavy atom.